The number of hydrogen-bond acceptors (Lipinski definition) is 2. The number of nitrogens with zero attached hydrogens (tertiary/aromatic N) is 1. The van der Waals surface area contributed by atoms with Crippen LogP contribution in [0, 0.1) is 12.3 Å². The van der Waals surface area contributed by atoms with Crippen molar-refractivity contribution in [1.82, 2.24) is 4.90 Å². The summed E-state index contributed by atoms with van der Waals surface area (Å²) in [5.74, 6) is 2.66. The minimum absolute atomic E-state index is 0.467. The molecule has 0 saturated carbocycles. The van der Waals surface area contributed by atoms with E-state index >= 15 is 0 Å². The summed E-state index contributed by atoms with van der Waals surface area (Å²) in [6.45, 7) is 5.94. The van der Waals surface area contributed by atoms with E-state index in [4.69, 9.17) is 11.2 Å². The molecule has 0 bridgehead atoms. The lowest BCUT2D eigenvalue weighted by molar-refractivity contribution is 0.266. The second kappa shape index (κ2) is 4.38. The molecule has 1 atom stereocenters. The van der Waals surface area contributed by atoms with E-state index < -0.39 is 0 Å². The van der Waals surface area contributed by atoms with Crippen LogP contribution in [0.1, 0.15) is 13.3 Å². The SMILES string of the molecule is C#CCN(CCC)CC1CO1. The first kappa shape index (κ1) is 8.58. The molecular weight excluding hydrogens is 138 g/mol. The molecule has 0 aromatic heterocycles. The van der Waals surface area contributed by atoms with Gasteiger partial charge in [-0.25, -0.2) is 0 Å². The highest BCUT2D eigenvalue weighted by Gasteiger charge is 2.24. The van der Waals surface area contributed by atoms with Gasteiger partial charge in [-0.3, -0.25) is 4.90 Å². The van der Waals surface area contributed by atoms with E-state index in [0.29, 0.717) is 6.10 Å². The molecule has 2 heteroatoms. The monoisotopic (exact) mass is 153 g/mol. The first-order valence-electron chi connectivity index (χ1n) is 4.14. The van der Waals surface area contributed by atoms with Gasteiger partial charge in [-0.05, 0) is 13.0 Å². The van der Waals surface area contributed by atoms with Crippen molar-refractivity contribution in [1.29, 1.82) is 0 Å². The molecule has 1 heterocycles. The molecule has 1 saturated heterocycles. The van der Waals surface area contributed by atoms with Crippen LogP contribution in [0.3, 0.4) is 0 Å². The Balaban J connectivity index is 2.14. The Morgan fingerprint density at radius 1 is 1.73 bits per heavy atom. The zero-order chi connectivity index (χ0) is 8.10. The van der Waals surface area contributed by atoms with Crippen LogP contribution in [0.4, 0.5) is 0 Å². The number of ether oxygens (including phenoxy) is 1. The summed E-state index contributed by atoms with van der Waals surface area (Å²) in [6.07, 6.45) is 6.85. The predicted octanol–water partition coefficient (Wildman–Crippen LogP) is 0.730. The highest BCUT2D eigenvalue weighted by Crippen LogP contribution is 2.10. The molecule has 62 valence electrons. The molecule has 0 aliphatic carbocycles. The second-order valence-corrected chi connectivity index (χ2v) is 2.89. The molecule has 1 rings (SSSR count). The third-order valence-corrected chi connectivity index (χ3v) is 1.72. The zero-order valence-electron chi connectivity index (χ0n) is 7.05. The Labute approximate surface area is 68.5 Å². The van der Waals surface area contributed by atoms with Gasteiger partial charge in [-0.1, -0.05) is 12.8 Å². The minimum Gasteiger partial charge on any atom is -0.372 e. The quantitative estimate of drug-likeness (QED) is 0.427. The summed E-state index contributed by atoms with van der Waals surface area (Å²) < 4.78 is 5.12. The average molecular weight is 153 g/mol. The molecule has 11 heavy (non-hydrogen) atoms. The molecule has 1 fully saturated rings. The van der Waals surface area contributed by atoms with Gasteiger partial charge in [0.2, 0.25) is 0 Å². The van der Waals surface area contributed by atoms with Gasteiger partial charge >= 0.3 is 0 Å². The molecule has 0 N–H and O–H groups in total. The largest absolute Gasteiger partial charge is 0.372 e. The van der Waals surface area contributed by atoms with E-state index in [1.54, 1.807) is 0 Å². The summed E-state index contributed by atoms with van der Waals surface area (Å²) in [7, 11) is 0. The molecule has 0 aromatic carbocycles. The van der Waals surface area contributed by atoms with Crippen molar-refractivity contribution >= 4 is 0 Å². The Morgan fingerprint density at radius 2 is 2.45 bits per heavy atom. The first-order valence-corrected chi connectivity index (χ1v) is 4.14. The third kappa shape index (κ3) is 3.41. The molecular formula is C9H15NO. The third-order valence-electron chi connectivity index (χ3n) is 1.72. The summed E-state index contributed by atoms with van der Waals surface area (Å²) >= 11 is 0. The van der Waals surface area contributed by atoms with E-state index in [0.717, 1.165) is 32.7 Å². The molecule has 1 aliphatic heterocycles. The van der Waals surface area contributed by atoms with Crippen molar-refractivity contribution in [2.75, 3.05) is 26.2 Å². The summed E-state index contributed by atoms with van der Waals surface area (Å²) in [6, 6.07) is 0. The van der Waals surface area contributed by atoms with Crippen LogP contribution in [0.2, 0.25) is 0 Å². The fraction of sp³-hybridized carbons (Fsp3) is 0.778. The maximum Gasteiger partial charge on any atom is 0.0936 e. The van der Waals surface area contributed by atoms with E-state index in [1.807, 2.05) is 0 Å². The van der Waals surface area contributed by atoms with Crippen LogP contribution < -0.4 is 0 Å². The topological polar surface area (TPSA) is 15.8 Å². The van der Waals surface area contributed by atoms with E-state index in [2.05, 4.69) is 17.7 Å². The van der Waals surface area contributed by atoms with Gasteiger partial charge in [0.1, 0.15) is 0 Å². The van der Waals surface area contributed by atoms with Crippen molar-refractivity contribution in [2.24, 2.45) is 0 Å². The first-order chi connectivity index (χ1) is 5.36. The molecule has 2 nitrogen and oxygen atoms in total. The Bertz CT molecular complexity index is 146. The molecule has 0 spiro atoms. The van der Waals surface area contributed by atoms with Crippen molar-refractivity contribution in [3.63, 3.8) is 0 Å². The van der Waals surface area contributed by atoms with E-state index in [1.165, 1.54) is 0 Å². The van der Waals surface area contributed by atoms with Crippen LogP contribution in [0.25, 0.3) is 0 Å². The van der Waals surface area contributed by atoms with Gasteiger partial charge in [-0.2, -0.15) is 0 Å². The molecule has 0 amide bonds. The fourth-order valence-electron chi connectivity index (χ4n) is 1.14. The van der Waals surface area contributed by atoms with Crippen molar-refractivity contribution in [3.8, 4) is 12.3 Å². The fourth-order valence-corrected chi connectivity index (χ4v) is 1.14. The van der Waals surface area contributed by atoms with Crippen LogP contribution in [-0.2, 0) is 4.74 Å². The molecule has 1 aliphatic rings. The number of epoxide rings is 1. The lowest BCUT2D eigenvalue weighted by Crippen LogP contribution is -2.29. The van der Waals surface area contributed by atoms with Crippen LogP contribution in [0.15, 0.2) is 0 Å². The Morgan fingerprint density at radius 3 is 2.91 bits per heavy atom. The van der Waals surface area contributed by atoms with Crippen LogP contribution in [-0.4, -0.2) is 37.2 Å². The normalized spacial score (nSPS) is 21.7. The lowest BCUT2D eigenvalue weighted by Gasteiger charge is -2.16. The summed E-state index contributed by atoms with van der Waals surface area (Å²) in [4.78, 5) is 2.26. The van der Waals surface area contributed by atoms with Crippen LogP contribution >= 0.6 is 0 Å². The van der Waals surface area contributed by atoms with Crippen LogP contribution in [0.5, 0.6) is 0 Å². The standard InChI is InChI=1S/C9H15NO/c1-3-5-10(6-4-2)7-9-8-11-9/h1,9H,4-8H2,2H3. The van der Waals surface area contributed by atoms with Gasteiger partial charge in [-0.15, -0.1) is 6.42 Å². The summed E-state index contributed by atoms with van der Waals surface area (Å²) in [5.41, 5.74) is 0. The van der Waals surface area contributed by atoms with Gasteiger partial charge < -0.3 is 4.74 Å². The Kier molecular flexibility index (Phi) is 3.41. The maximum atomic E-state index is 5.22. The van der Waals surface area contributed by atoms with Gasteiger partial charge in [0, 0.05) is 6.54 Å². The molecule has 1 unspecified atom stereocenters. The maximum absolute atomic E-state index is 5.22. The Hall–Kier alpha value is -0.520. The highest BCUT2D eigenvalue weighted by atomic mass is 16.6. The zero-order valence-corrected chi connectivity index (χ0v) is 7.05. The van der Waals surface area contributed by atoms with Crippen molar-refractivity contribution in [3.05, 3.63) is 0 Å². The second-order valence-electron chi connectivity index (χ2n) is 2.89. The predicted molar refractivity (Wildman–Crippen MR) is 45.3 cm³/mol. The van der Waals surface area contributed by atoms with E-state index in [9.17, 15) is 0 Å². The summed E-state index contributed by atoms with van der Waals surface area (Å²) in [5, 5.41) is 0. The highest BCUT2D eigenvalue weighted by molar-refractivity contribution is 4.89. The molecule has 0 radical (unpaired) electrons. The van der Waals surface area contributed by atoms with E-state index in [-0.39, 0.29) is 0 Å². The minimum atomic E-state index is 0.467. The number of hydrogen-bond donors (Lipinski definition) is 0. The lowest BCUT2D eigenvalue weighted by atomic mass is 10.3. The van der Waals surface area contributed by atoms with Gasteiger partial charge in [0.15, 0.2) is 0 Å². The smallest absolute Gasteiger partial charge is 0.0936 e. The van der Waals surface area contributed by atoms with Gasteiger partial charge in [0.05, 0.1) is 19.3 Å². The number of rotatable bonds is 5. The molecule has 0 aromatic rings. The van der Waals surface area contributed by atoms with Crippen molar-refractivity contribution in [2.45, 2.75) is 19.4 Å². The van der Waals surface area contributed by atoms with Gasteiger partial charge in [0.25, 0.3) is 0 Å². The average Bonchev–Trinajstić information content (AvgIpc) is 2.73. The number of terminal acetylenes is 1. The van der Waals surface area contributed by atoms with Crippen molar-refractivity contribution < 1.29 is 4.74 Å².